The van der Waals surface area contributed by atoms with E-state index in [-0.39, 0.29) is 0 Å². The maximum atomic E-state index is 9.39. The average molecular weight is 282 g/mol. The van der Waals surface area contributed by atoms with Gasteiger partial charge in [-0.1, -0.05) is 23.8 Å². The number of benzene rings is 2. The molecule has 3 heteroatoms. The van der Waals surface area contributed by atoms with Gasteiger partial charge in [-0.25, -0.2) is 0 Å². The van der Waals surface area contributed by atoms with Gasteiger partial charge in [0.2, 0.25) is 0 Å². The first-order valence-electron chi connectivity index (χ1n) is 6.48. The molecule has 102 valence electrons. The van der Waals surface area contributed by atoms with Crippen molar-refractivity contribution < 1.29 is 0 Å². The number of aryl methyl sites for hydroxylation is 3. The van der Waals surface area contributed by atoms with E-state index in [0.717, 1.165) is 16.3 Å². The van der Waals surface area contributed by atoms with Crippen LogP contribution in [0.2, 0.25) is 0 Å². The molecule has 0 heterocycles. The molecule has 2 aromatic rings. The minimum atomic E-state index is 0.708. The Morgan fingerprint density at radius 1 is 1.10 bits per heavy atom. The highest BCUT2D eigenvalue weighted by Gasteiger charge is 2.10. The molecule has 0 bridgehead atoms. The molecular weight excluding hydrogens is 264 g/mol. The summed E-state index contributed by atoms with van der Waals surface area (Å²) in [6, 6.07) is 12.5. The Hall–Kier alpha value is -1.92. The van der Waals surface area contributed by atoms with Crippen LogP contribution >= 0.6 is 11.8 Å². The third-order valence-electron chi connectivity index (χ3n) is 3.29. The van der Waals surface area contributed by atoms with Gasteiger partial charge in [-0.2, -0.15) is 5.26 Å². The Morgan fingerprint density at radius 3 is 2.30 bits per heavy atom. The zero-order valence-corrected chi connectivity index (χ0v) is 13.1. The van der Waals surface area contributed by atoms with E-state index in [0.29, 0.717) is 5.56 Å². The van der Waals surface area contributed by atoms with E-state index in [9.17, 15) is 5.26 Å². The smallest absolute Gasteiger partial charge is 0.103 e. The van der Waals surface area contributed by atoms with Crippen LogP contribution in [-0.4, -0.2) is 6.26 Å². The molecule has 0 radical (unpaired) electrons. The fourth-order valence-corrected chi connectivity index (χ4v) is 3.01. The molecule has 20 heavy (non-hydrogen) atoms. The van der Waals surface area contributed by atoms with Crippen molar-refractivity contribution in [1.82, 2.24) is 0 Å². The zero-order valence-electron chi connectivity index (χ0n) is 12.2. The molecule has 2 rings (SSSR count). The summed E-state index contributed by atoms with van der Waals surface area (Å²) in [5.74, 6) is 0. The molecule has 1 N–H and O–H groups in total. The molecule has 0 aliphatic carbocycles. The van der Waals surface area contributed by atoms with Gasteiger partial charge in [-0.3, -0.25) is 0 Å². The summed E-state index contributed by atoms with van der Waals surface area (Å²) >= 11 is 1.59. The summed E-state index contributed by atoms with van der Waals surface area (Å²) in [7, 11) is 0. The summed E-state index contributed by atoms with van der Waals surface area (Å²) < 4.78 is 0. The van der Waals surface area contributed by atoms with Crippen LogP contribution in [0, 0.1) is 32.1 Å². The van der Waals surface area contributed by atoms with Crippen molar-refractivity contribution in [3.63, 3.8) is 0 Å². The lowest BCUT2D eigenvalue weighted by Crippen LogP contribution is -1.99. The van der Waals surface area contributed by atoms with Crippen molar-refractivity contribution in [2.75, 3.05) is 11.6 Å². The van der Waals surface area contributed by atoms with Gasteiger partial charge in [0.25, 0.3) is 0 Å². The summed E-state index contributed by atoms with van der Waals surface area (Å²) in [6.45, 7) is 6.28. The average Bonchev–Trinajstić information content (AvgIpc) is 2.42. The fraction of sp³-hybridized carbons (Fsp3) is 0.235. The summed E-state index contributed by atoms with van der Waals surface area (Å²) in [4.78, 5) is 1.000. The molecule has 0 aliphatic rings. The summed E-state index contributed by atoms with van der Waals surface area (Å²) in [5.41, 5.74) is 6.31. The largest absolute Gasteiger partial charge is 0.354 e. The van der Waals surface area contributed by atoms with Crippen LogP contribution in [0.25, 0.3) is 0 Å². The highest BCUT2D eigenvalue weighted by molar-refractivity contribution is 7.98. The minimum Gasteiger partial charge on any atom is -0.354 e. The van der Waals surface area contributed by atoms with Crippen LogP contribution in [0.5, 0.6) is 0 Å². The Kier molecular flexibility index (Phi) is 4.36. The number of thioether (sulfide) groups is 1. The van der Waals surface area contributed by atoms with Crippen molar-refractivity contribution in [2.45, 2.75) is 25.7 Å². The van der Waals surface area contributed by atoms with Crippen LogP contribution in [0.15, 0.2) is 35.2 Å². The normalized spacial score (nSPS) is 10.2. The van der Waals surface area contributed by atoms with Gasteiger partial charge in [0.05, 0.1) is 11.3 Å². The van der Waals surface area contributed by atoms with Gasteiger partial charge < -0.3 is 5.32 Å². The van der Waals surface area contributed by atoms with Crippen molar-refractivity contribution in [3.8, 4) is 6.07 Å². The number of rotatable bonds is 3. The Balaban J connectivity index is 2.49. The molecule has 0 unspecified atom stereocenters. The third kappa shape index (κ3) is 2.81. The first-order chi connectivity index (χ1) is 9.56. The number of nitrogens with one attached hydrogen (secondary N) is 1. The topological polar surface area (TPSA) is 35.8 Å². The van der Waals surface area contributed by atoms with Gasteiger partial charge in [-0.05, 0) is 50.3 Å². The minimum absolute atomic E-state index is 0.708. The third-order valence-corrected chi connectivity index (χ3v) is 4.07. The molecule has 0 saturated heterocycles. The van der Waals surface area contributed by atoms with E-state index in [1.54, 1.807) is 11.8 Å². The molecule has 0 amide bonds. The molecule has 0 saturated carbocycles. The van der Waals surface area contributed by atoms with Gasteiger partial charge in [-0.15, -0.1) is 11.8 Å². The number of hydrogen-bond donors (Lipinski definition) is 1. The van der Waals surface area contributed by atoms with E-state index in [4.69, 9.17) is 0 Å². The Bertz CT molecular complexity index is 661. The van der Waals surface area contributed by atoms with E-state index >= 15 is 0 Å². The Labute approximate surface area is 124 Å². The van der Waals surface area contributed by atoms with Gasteiger partial charge in [0, 0.05) is 10.6 Å². The lowest BCUT2D eigenvalue weighted by atomic mass is 10.0. The van der Waals surface area contributed by atoms with Gasteiger partial charge in [0.15, 0.2) is 0 Å². The molecule has 0 atom stereocenters. The molecule has 0 aromatic heterocycles. The fourth-order valence-electron chi connectivity index (χ4n) is 2.43. The maximum Gasteiger partial charge on any atom is 0.103 e. The zero-order chi connectivity index (χ0) is 14.7. The number of hydrogen-bond acceptors (Lipinski definition) is 3. The van der Waals surface area contributed by atoms with E-state index in [2.05, 4.69) is 44.3 Å². The first-order valence-corrected chi connectivity index (χ1v) is 7.71. The standard InChI is InChI=1S/C17H18N2S/c1-11-8-12(2)17(13(3)9-11)19-15-6-5-7-16(20-4)14(15)10-18/h5-9,19H,1-4H3. The summed E-state index contributed by atoms with van der Waals surface area (Å²) in [6.07, 6.45) is 1.99. The van der Waals surface area contributed by atoms with Crippen LogP contribution in [0.4, 0.5) is 11.4 Å². The highest BCUT2D eigenvalue weighted by Crippen LogP contribution is 2.31. The number of nitriles is 1. The second-order valence-electron chi connectivity index (χ2n) is 4.89. The number of nitrogens with zero attached hydrogens (tertiary/aromatic N) is 1. The molecular formula is C17H18N2S. The highest BCUT2D eigenvalue weighted by atomic mass is 32.2. The van der Waals surface area contributed by atoms with Crippen LogP contribution < -0.4 is 5.32 Å². The monoisotopic (exact) mass is 282 g/mol. The predicted octanol–water partition coefficient (Wildman–Crippen LogP) is 4.95. The molecule has 0 aliphatic heterocycles. The lowest BCUT2D eigenvalue weighted by Gasteiger charge is -2.16. The van der Waals surface area contributed by atoms with E-state index < -0.39 is 0 Å². The van der Waals surface area contributed by atoms with Crippen LogP contribution in [0.3, 0.4) is 0 Å². The molecule has 0 spiro atoms. The quantitative estimate of drug-likeness (QED) is 0.809. The second-order valence-corrected chi connectivity index (χ2v) is 5.74. The van der Waals surface area contributed by atoms with E-state index in [1.807, 2.05) is 24.5 Å². The van der Waals surface area contributed by atoms with Crippen molar-refractivity contribution in [1.29, 1.82) is 5.26 Å². The lowest BCUT2D eigenvalue weighted by molar-refractivity contribution is 1.29. The van der Waals surface area contributed by atoms with Crippen molar-refractivity contribution in [3.05, 3.63) is 52.6 Å². The molecule has 2 aromatic carbocycles. The second kappa shape index (κ2) is 6.02. The van der Waals surface area contributed by atoms with Gasteiger partial charge >= 0.3 is 0 Å². The SMILES string of the molecule is CSc1cccc(Nc2c(C)cc(C)cc2C)c1C#N. The number of anilines is 2. The maximum absolute atomic E-state index is 9.39. The van der Waals surface area contributed by atoms with Crippen molar-refractivity contribution in [2.24, 2.45) is 0 Å². The Morgan fingerprint density at radius 2 is 1.75 bits per heavy atom. The van der Waals surface area contributed by atoms with Crippen LogP contribution in [0.1, 0.15) is 22.3 Å². The predicted molar refractivity (Wildman–Crippen MR) is 86.9 cm³/mol. The molecule has 2 nitrogen and oxygen atoms in total. The van der Waals surface area contributed by atoms with Crippen LogP contribution in [-0.2, 0) is 0 Å². The first kappa shape index (κ1) is 14.5. The summed E-state index contributed by atoms with van der Waals surface area (Å²) in [5, 5.41) is 12.8. The van der Waals surface area contributed by atoms with Gasteiger partial charge in [0.1, 0.15) is 6.07 Å². The van der Waals surface area contributed by atoms with E-state index in [1.165, 1.54) is 16.7 Å². The van der Waals surface area contributed by atoms with Crippen molar-refractivity contribution >= 4 is 23.1 Å². The molecule has 0 fully saturated rings.